The van der Waals surface area contributed by atoms with Crippen molar-refractivity contribution in [3.63, 3.8) is 0 Å². The molecule has 0 radical (unpaired) electrons. The van der Waals surface area contributed by atoms with Gasteiger partial charge in [-0.3, -0.25) is 0 Å². The predicted molar refractivity (Wildman–Crippen MR) is 126 cm³/mol. The highest BCUT2D eigenvalue weighted by Crippen LogP contribution is 2.46. The third-order valence-corrected chi connectivity index (χ3v) is 7.47. The van der Waals surface area contributed by atoms with E-state index >= 15 is 0 Å². The molecule has 2 unspecified atom stereocenters. The Morgan fingerprint density at radius 1 is 1.03 bits per heavy atom. The van der Waals surface area contributed by atoms with Gasteiger partial charge in [-0.25, -0.2) is 8.78 Å². The van der Waals surface area contributed by atoms with Crippen molar-refractivity contribution in [3.8, 4) is 6.07 Å². The van der Waals surface area contributed by atoms with Crippen molar-refractivity contribution in [2.45, 2.75) is 76.2 Å². The normalized spacial score (nSPS) is 17.6. The number of hydrogen-bond acceptors (Lipinski definition) is 2. The van der Waals surface area contributed by atoms with Gasteiger partial charge in [0.2, 0.25) is 0 Å². The number of likely N-dealkylation sites (N-methyl/N-ethyl adjacent to an activating group) is 1. The minimum Gasteiger partial charge on any atom is -0.303 e. The Balaban J connectivity index is 1.80. The maximum absolute atomic E-state index is 15.0. The largest absolute Gasteiger partial charge is 0.303 e. The van der Waals surface area contributed by atoms with Gasteiger partial charge in [-0.05, 0) is 69.2 Å². The molecule has 0 saturated heterocycles. The molecule has 2 aromatic rings. The van der Waals surface area contributed by atoms with Gasteiger partial charge in [0.1, 0.15) is 11.6 Å². The zero-order chi connectivity index (χ0) is 23.0. The van der Waals surface area contributed by atoms with Gasteiger partial charge in [0.15, 0.2) is 0 Å². The van der Waals surface area contributed by atoms with Crippen molar-refractivity contribution in [2.75, 3.05) is 13.6 Å². The lowest BCUT2D eigenvalue weighted by Crippen LogP contribution is -2.40. The minimum atomic E-state index is -1.11. The summed E-state index contributed by atoms with van der Waals surface area (Å²) < 4.78 is 29.9. The van der Waals surface area contributed by atoms with E-state index < -0.39 is 17.0 Å². The molecule has 1 saturated carbocycles. The van der Waals surface area contributed by atoms with Crippen LogP contribution in [0.2, 0.25) is 0 Å². The van der Waals surface area contributed by atoms with E-state index in [1.165, 1.54) is 23.8 Å². The van der Waals surface area contributed by atoms with E-state index in [-0.39, 0.29) is 17.5 Å². The van der Waals surface area contributed by atoms with Crippen molar-refractivity contribution in [3.05, 3.63) is 71.3 Å². The highest BCUT2D eigenvalue weighted by Gasteiger charge is 2.45. The molecular formula is C28H36F2N2. The molecule has 0 N–H and O–H groups in total. The van der Waals surface area contributed by atoms with Gasteiger partial charge < -0.3 is 4.90 Å². The van der Waals surface area contributed by atoms with Crippen LogP contribution in [0, 0.1) is 28.9 Å². The SMILES string of the molecule is CCC(CCC(C#N)(c1c(F)cccc1F)C1CCCCC1)N(C)CCc1ccccc1. The second kappa shape index (κ2) is 11.6. The summed E-state index contributed by atoms with van der Waals surface area (Å²) in [5, 5.41) is 10.4. The third-order valence-electron chi connectivity index (χ3n) is 7.47. The average molecular weight is 439 g/mol. The summed E-state index contributed by atoms with van der Waals surface area (Å²) in [6.45, 7) is 3.07. The lowest BCUT2D eigenvalue weighted by atomic mass is 9.63. The quantitative estimate of drug-likeness (QED) is 0.398. The fourth-order valence-electron chi connectivity index (χ4n) is 5.52. The molecule has 1 fully saturated rings. The van der Waals surface area contributed by atoms with Gasteiger partial charge >= 0.3 is 0 Å². The van der Waals surface area contributed by atoms with Gasteiger partial charge in [-0.2, -0.15) is 5.26 Å². The van der Waals surface area contributed by atoms with Crippen LogP contribution in [0.4, 0.5) is 8.78 Å². The maximum atomic E-state index is 15.0. The summed E-state index contributed by atoms with van der Waals surface area (Å²) in [4.78, 5) is 2.34. The lowest BCUT2D eigenvalue weighted by molar-refractivity contribution is 0.180. The fourth-order valence-corrected chi connectivity index (χ4v) is 5.52. The van der Waals surface area contributed by atoms with E-state index in [0.717, 1.165) is 57.9 Å². The van der Waals surface area contributed by atoms with Gasteiger partial charge in [0.05, 0.1) is 11.5 Å². The van der Waals surface area contributed by atoms with Gasteiger partial charge in [-0.1, -0.05) is 62.6 Å². The van der Waals surface area contributed by atoms with Crippen molar-refractivity contribution >= 4 is 0 Å². The molecule has 0 aliphatic heterocycles. The molecule has 2 nitrogen and oxygen atoms in total. The van der Waals surface area contributed by atoms with E-state index in [0.29, 0.717) is 6.42 Å². The first-order chi connectivity index (χ1) is 15.5. The van der Waals surface area contributed by atoms with Crippen LogP contribution in [0.5, 0.6) is 0 Å². The Morgan fingerprint density at radius 2 is 1.69 bits per heavy atom. The molecule has 0 bridgehead atoms. The lowest BCUT2D eigenvalue weighted by Gasteiger charge is -2.40. The number of benzene rings is 2. The van der Waals surface area contributed by atoms with Crippen molar-refractivity contribution in [1.82, 2.24) is 4.90 Å². The number of rotatable bonds is 10. The van der Waals surface area contributed by atoms with Crippen LogP contribution in [-0.2, 0) is 11.8 Å². The molecule has 0 heterocycles. The van der Waals surface area contributed by atoms with Gasteiger partial charge in [-0.15, -0.1) is 0 Å². The number of hydrogen-bond donors (Lipinski definition) is 0. The number of nitriles is 1. The van der Waals surface area contributed by atoms with E-state index in [1.54, 1.807) is 0 Å². The summed E-state index contributed by atoms with van der Waals surface area (Å²) in [5.74, 6) is -1.16. The number of halogens is 2. The van der Waals surface area contributed by atoms with Crippen LogP contribution < -0.4 is 0 Å². The molecule has 4 heteroatoms. The number of nitrogens with zero attached hydrogens (tertiary/aromatic N) is 2. The van der Waals surface area contributed by atoms with Crippen LogP contribution >= 0.6 is 0 Å². The molecule has 2 atom stereocenters. The average Bonchev–Trinajstić information content (AvgIpc) is 2.83. The molecule has 1 aliphatic rings. The maximum Gasteiger partial charge on any atom is 0.130 e. The Hall–Kier alpha value is -2.25. The van der Waals surface area contributed by atoms with Crippen LogP contribution in [0.3, 0.4) is 0 Å². The summed E-state index contributed by atoms with van der Waals surface area (Å²) in [6.07, 6.45) is 8.05. The first-order valence-corrected chi connectivity index (χ1v) is 12.1. The molecular weight excluding hydrogens is 402 g/mol. The van der Waals surface area contributed by atoms with Gasteiger partial charge in [0, 0.05) is 18.2 Å². The van der Waals surface area contributed by atoms with Crippen LogP contribution in [-0.4, -0.2) is 24.5 Å². The highest BCUT2D eigenvalue weighted by molar-refractivity contribution is 5.36. The first kappa shape index (κ1) is 24.4. The summed E-state index contributed by atoms with van der Waals surface area (Å²) >= 11 is 0. The summed E-state index contributed by atoms with van der Waals surface area (Å²) in [6, 6.07) is 17.1. The molecule has 1 aliphatic carbocycles. The van der Waals surface area contributed by atoms with Crippen LogP contribution in [0.15, 0.2) is 48.5 Å². The predicted octanol–water partition coefficient (Wildman–Crippen LogP) is 7.04. The molecule has 2 aromatic carbocycles. The monoisotopic (exact) mass is 438 g/mol. The van der Waals surface area contributed by atoms with Crippen molar-refractivity contribution < 1.29 is 8.78 Å². The van der Waals surface area contributed by atoms with E-state index in [9.17, 15) is 14.0 Å². The zero-order valence-electron chi connectivity index (χ0n) is 19.5. The smallest absolute Gasteiger partial charge is 0.130 e. The fraction of sp³-hybridized carbons (Fsp3) is 0.536. The van der Waals surface area contributed by atoms with E-state index in [1.807, 2.05) is 6.07 Å². The first-order valence-electron chi connectivity index (χ1n) is 12.1. The minimum absolute atomic E-state index is 0.000203. The standard InChI is InChI=1S/C28H36F2N2/c1-3-24(32(2)20-18-22-11-6-4-7-12-22)17-19-28(21-31,23-13-8-5-9-14-23)27-25(29)15-10-16-26(27)30/h4,6-7,10-12,15-16,23-24H,3,5,8-9,13-14,17-20H2,1-2H3. The van der Waals surface area contributed by atoms with Gasteiger partial charge in [0.25, 0.3) is 0 Å². The molecule has 3 rings (SSSR count). The molecule has 0 spiro atoms. The second-order valence-corrected chi connectivity index (χ2v) is 9.33. The Labute approximate surface area is 192 Å². The van der Waals surface area contributed by atoms with E-state index in [4.69, 9.17) is 0 Å². The third kappa shape index (κ3) is 5.56. The molecule has 32 heavy (non-hydrogen) atoms. The van der Waals surface area contributed by atoms with Crippen LogP contribution in [0.25, 0.3) is 0 Å². The van der Waals surface area contributed by atoms with Crippen molar-refractivity contribution in [2.24, 2.45) is 5.92 Å². The Kier molecular flexibility index (Phi) is 8.82. The molecule has 0 amide bonds. The van der Waals surface area contributed by atoms with Crippen LogP contribution in [0.1, 0.15) is 69.4 Å². The highest BCUT2D eigenvalue weighted by atomic mass is 19.1. The second-order valence-electron chi connectivity index (χ2n) is 9.33. The summed E-state index contributed by atoms with van der Waals surface area (Å²) in [7, 11) is 2.12. The summed E-state index contributed by atoms with van der Waals surface area (Å²) in [5.41, 5.74) is 0.191. The van der Waals surface area contributed by atoms with Crippen molar-refractivity contribution in [1.29, 1.82) is 5.26 Å². The molecule has 0 aromatic heterocycles. The Morgan fingerprint density at radius 3 is 2.28 bits per heavy atom. The molecule has 172 valence electrons. The Bertz CT molecular complexity index is 866. The van der Waals surface area contributed by atoms with E-state index in [2.05, 4.69) is 49.2 Å². The zero-order valence-corrected chi connectivity index (χ0v) is 19.5. The topological polar surface area (TPSA) is 27.0 Å².